The van der Waals surface area contributed by atoms with E-state index in [1.807, 2.05) is 14.1 Å². The summed E-state index contributed by atoms with van der Waals surface area (Å²) in [7, 11) is 5.42. The number of ether oxygens (including phenoxy) is 1. The molecule has 0 bridgehead atoms. The molecule has 0 radical (unpaired) electrons. The maximum absolute atomic E-state index is 11.9. The number of piperidine rings is 1. The third-order valence-corrected chi connectivity index (χ3v) is 6.69. The first kappa shape index (κ1) is 22.0. The summed E-state index contributed by atoms with van der Waals surface area (Å²) in [6.07, 6.45) is 3.02. The molecule has 7 heteroatoms. The molecule has 0 spiro atoms. The van der Waals surface area contributed by atoms with Crippen molar-refractivity contribution in [3.8, 4) is 0 Å². The molecule has 2 atom stereocenters. The van der Waals surface area contributed by atoms with Gasteiger partial charge in [0.2, 0.25) is 5.91 Å². The van der Waals surface area contributed by atoms with Crippen molar-refractivity contribution >= 4 is 11.9 Å². The Hall–Kier alpha value is -1.34. The number of aliphatic imine (C=N–C) groups is 1. The number of rotatable bonds is 6. The fourth-order valence-electron chi connectivity index (χ4n) is 3.94. The second-order valence-electron chi connectivity index (χ2n) is 8.86. The van der Waals surface area contributed by atoms with Crippen LogP contribution in [0.3, 0.4) is 0 Å². The molecule has 1 amide bonds. The quantitative estimate of drug-likeness (QED) is 0.536. The molecule has 0 aromatic heterocycles. The van der Waals surface area contributed by atoms with Crippen LogP contribution in [0.1, 0.15) is 47.0 Å². The van der Waals surface area contributed by atoms with E-state index in [1.54, 1.807) is 12.0 Å². The van der Waals surface area contributed by atoms with Gasteiger partial charge in [-0.25, -0.2) is 0 Å². The smallest absolute Gasteiger partial charge is 0.236 e. The first-order valence-electron chi connectivity index (χ1n) is 10.2. The Kier molecular flexibility index (Phi) is 7.14. The largest absolute Gasteiger partial charge is 0.378 e. The number of carbonyl (C=O) groups is 1. The topological polar surface area (TPSA) is 69.2 Å². The minimum absolute atomic E-state index is 0.0495. The van der Waals surface area contributed by atoms with Crippen molar-refractivity contribution in [2.75, 3.05) is 47.4 Å². The van der Waals surface area contributed by atoms with Gasteiger partial charge in [0, 0.05) is 58.3 Å². The lowest BCUT2D eigenvalue weighted by atomic mass is 9.56. The van der Waals surface area contributed by atoms with E-state index in [1.165, 1.54) is 0 Å². The third kappa shape index (κ3) is 4.93. The van der Waals surface area contributed by atoms with Crippen LogP contribution in [0.4, 0.5) is 0 Å². The van der Waals surface area contributed by atoms with Crippen LogP contribution in [0.5, 0.6) is 0 Å². The van der Waals surface area contributed by atoms with Gasteiger partial charge < -0.3 is 20.3 Å². The highest BCUT2D eigenvalue weighted by Crippen LogP contribution is 2.51. The summed E-state index contributed by atoms with van der Waals surface area (Å²) >= 11 is 0. The van der Waals surface area contributed by atoms with Crippen molar-refractivity contribution in [2.24, 2.45) is 10.4 Å². The lowest BCUT2D eigenvalue weighted by Crippen LogP contribution is -2.70. The fourth-order valence-corrected chi connectivity index (χ4v) is 3.94. The molecule has 2 aliphatic rings. The Morgan fingerprint density at radius 1 is 1.22 bits per heavy atom. The zero-order valence-corrected chi connectivity index (χ0v) is 18.3. The maximum Gasteiger partial charge on any atom is 0.236 e. The number of nitrogens with one attached hydrogen (secondary N) is 2. The average molecular weight is 382 g/mol. The Bertz CT molecular complexity index is 540. The minimum Gasteiger partial charge on any atom is -0.378 e. The van der Waals surface area contributed by atoms with Crippen molar-refractivity contribution in [3.63, 3.8) is 0 Å². The van der Waals surface area contributed by atoms with Gasteiger partial charge in [-0.1, -0.05) is 13.8 Å². The third-order valence-electron chi connectivity index (χ3n) is 6.69. The van der Waals surface area contributed by atoms with Crippen molar-refractivity contribution in [1.82, 2.24) is 20.4 Å². The summed E-state index contributed by atoms with van der Waals surface area (Å²) < 4.78 is 5.73. The van der Waals surface area contributed by atoms with E-state index in [0.29, 0.717) is 18.6 Å². The highest BCUT2D eigenvalue weighted by atomic mass is 16.5. The maximum atomic E-state index is 11.9. The Balaban J connectivity index is 1.84. The van der Waals surface area contributed by atoms with Gasteiger partial charge in [0.25, 0.3) is 0 Å². The lowest BCUT2D eigenvalue weighted by molar-refractivity contribution is -0.176. The van der Waals surface area contributed by atoms with Gasteiger partial charge in [-0.05, 0) is 33.1 Å². The van der Waals surface area contributed by atoms with Crippen LogP contribution in [-0.4, -0.2) is 86.7 Å². The number of carbonyl (C=O) groups excluding carboxylic acids is 1. The SMILES string of the molecule is CCN=C(NC1CCN(CC(=O)N(C)C)CC1)NC1CC(C)(OC)C1(C)C. The lowest BCUT2D eigenvalue weighted by Gasteiger charge is -2.59. The Labute approximate surface area is 164 Å². The first-order valence-corrected chi connectivity index (χ1v) is 10.2. The highest BCUT2D eigenvalue weighted by molar-refractivity contribution is 5.81. The number of amides is 1. The number of nitrogens with zero attached hydrogens (tertiary/aromatic N) is 3. The minimum atomic E-state index is -0.0910. The van der Waals surface area contributed by atoms with Gasteiger partial charge >= 0.3 is 0 Å². The van der Waals surface area contributed by atoms with E-state index in [0.717, 1.165) is 44.9 Å². The molecule has 27 heavy (non-hydrogen) atoms. The monoisotopic (exact) mass is 381 g/mol. The second-order valence-corrected chi connectivity index (χ2v) is 8.86. The molecule has 0 aromatic carbocycles. The molecule has 0 aromatic rings. The molecule has 2 unspecified atom stereocenters. The van der Waals surface area contributed by atoms with Crippen LogP contribution >= 0.6 is 0 Å². The summed E-state index contributed by atoms with van der Waals surface area (Å²) in [5.74, 6) is 1.07. The number of hydrogen-bond acceptors (Lipinski definition) is 4. The molecule has 1 saturated heterocycles. The Morgan fingerprint density at radius 3 is 2.33 bits per heavy atom. The molecule has 1 heterocycles. The molecule has 2 fully saturated rings. The predicted octanol–water partition coefficient (Wildman–Crippen LogP) is 1.30. The second kappa shape index (κ2) is 8.78. The van der Waals surface area contributed by atoms with Crippen LogP contribution < -0.4 is 10.6 Å². The average Bonchev–Trinajstić information content (AvgIpc) is 2.62. The van der Waals surface area contributed by atoms with Crippen molar-refractivity contribution in [3.05, 3.63) is 0 Å². The molecule has 2 N–H and O–H groups in total. The summed E-state index contributed by atoms with van der Waals surface area (Å²) in [5.41, 5.74) is -0.0415. The van der Waals surface area contributed by atoms with Crippen molar-refractivity contribution in [2.45, 2.75) is 64.6 Å². The van der Waals surface area contributed by atoms with Gasteiger partial charge in [-0.2, -0.15) is 0 Å². The molecule has 2 rings (SSSR count). The number of hydrogen-bond donors (Lipinski definition) is 2. The van der Waals surface area contributed by atoms with Crippen LogP contribution in [0.2, 0.25) is 0 Å². The van der Waals surface area contributed by atoms with Crippen molar-refractivity contribution < 1.29 is 9.53 Å². The zero-order valence-electron chi connectivity index (χ0n) is 18.3. The van der Waals surface area contributed by atoms with Gasteiger partial charge in [-0.15, -0.1) is 0 Å². The van der Waals surface area contributed by atoms with Crippen LogP contribution in [0, 0.1) is 5.41 Å². The van der Waals surface area contributed by atoms with E-state index in [4.69, 9.17) is 4.74 Å². The number of methoxy groups -OCH3 is 1. The van der Waals surface area contributed by atoms with Gasteiger partial charge in [0.15, 0.2) is 5.96 Å². The predicted molar refractivity (Wildman–Crippen MR) is 110 cm³/mol. The standard InChI is InChI=1S/C20H39N5O2/c1-8-21-18(23-16-13-20(4,27-7)19(16,2)3)22-15-9-11-25(12-10-15)14-17(26)24(5)6/h15-16H,8-14H2,1-7H3,(H2,21,22,23). The molecule has 1 aliphatic heterocycles. The summed E-state index contributed by atoms with van der Waals surface area (Å²) in [6.45, 7) is 11.9. The number of likely N-dealkylation sites (tertiary alicyclic amines) is 1. The number of guanidine groups is 1. The van der Waals surface area contributed by atoms with E-state index in [-0.39, 0.29) is 16.9 Å². The highest BCUT2D eigenvalue weighted by Gasteiger charge is 2.58. The Morgan fingerprint density at radius 2 is 1.85 bits per heavy atom. The van der Waals surface area contributed by atoms with Crippen molar-refractivity contribution in [1.29, 1.82) is 0 Å². The van der Waals surface area contributed by atoms with E-state index in [2.05, 4.69) is 48.2 Å². The summed E-state index contributed by atoms with van der Waals surface area (Å²) in [5, 5.41) is 7.24. The van der Waals surface area contributed by atoms with E-state index >= 15 is 0 Å². The molecule has 156 valence electrons. The van der Waals surface area contributed by atoms with Crippen LogP contribution in [0.25, 0.3) is 0 Å². The molecule has 1 aliphatic carbocycles. The van der Waals surface area contributed by atoms with Gasteiger partial charge in [0.05, 0.1) is 12.1 Å². The molecular weight excluding hydrogens is 342 g/mol. The van der Waals surface area contributed by atoms with E-state index < -0.39 is 0 Å². The molecule has 1 saturated carbocycles. The van der Waals surface area contributed by atoms with Crippen LogP contribution in [0.15, 0.2) is 4.99 Å². The first-order chi connectivity index (χ1) is 12.6. The summed E-state index contributed by atoms with van der Waals surface area (Å²) in [4.78, 5) is 20.4. The van der Waals surface area contributed by atoms with Crippen LogP contribution in [-0.2, 0) is 9.53 Å². The zero-order chi connectivity index (χ0) is 20.2. The number of likely N-dealkylation sites (N-methyl/N-ethyl adjacent to an activating group) is 1. The van der Waals surface area contributed by atoms with E-state index in [9.17, 15) is 4.79 Å². The normalized spacial score (nSPS) is 29.1. The fraction of sp³-hybridized carbons (Fsp3) is 0.900. The molecular formula is C20H39N5O2. The molecule has 7 nitrogen and oxygen atoms in total. The van der Waals surface area contributed by atoms with Gasteiger partial charge in [0.1, 0.15) is 0 Å². The van der Waals surface area contributed by atoms with Gasteiger partial charge in [-0.3, -0.25) is 14.7 Å². The summed E-state index contributed by atoms with van der Waals surface area (Å²) in [6, 6.07) is 0.739.